The molecule has 0 aromatic rings. The van der Waals surface area contributed by atoms with E-state index in [1.54, 1.807) is 0 Å². The predicted octanol–water partition coefficient (Wildman–Crippen LogP) is 1.89. The van der Waals surface area contributed by atoms with Crippen LogP contribution in [0, 0.1) is 5.41 Å². The molecule has 0 saturated heterocycles. The first-order valence-electron chi connectivity index (χ1n) is 3.63. The zero-order valence-electron chi connectivity index (χ0n) is 6.59. The molecule has 1 N–H and O–H groups in total. The Morgan fingerprint density at radius 1 is 1.60 bits per heavy atom. The van der Waals surface area contributed by atoms with Crippen molar-refractivity contribution in [3.8, 4) is 0 Å². The monoisotopic (exact) mass is 138 g/mol. The van der Waals surface area contributed by atoms with Gasteiger partial charge in [-0.15, -0.1) is 0 Å². The fourth-order valence-electron chi connectivity index (χ4n) is 0.980. The highest BCUT2D eigenvalue weighted by Gasteiger charge is 2.14. The smallest absolute Gasteiger partial charge is 0.0678 e. The Labute approximate surface area is 62.1 Å². The van der Waals surface area contributed by atoms with Crippen LogP contribution in [-0.2, 0) is 0 Å². The van der Waals surface area contributed by atoms with Crippen molar-refractivity contribution in [1.82, 2.24) is 0 Å². The minimum atomic E-state index is 0.173. The summed E-state index contributed by atoms with van der Waals surface area (Å²) in [5.74, 6) is 0. The van der Waals surface area contributed by atoms with E-state index in [4.69, 9.17) is 5.11 Å². The van der Waals surface area contributed by atoms with Crippen molar-refractivity contribution >= 4 is 0 Å². The molecule has 0 radical (unpaired) electrons. The van der Waals surface area contributed by atoms with Crippen LogP contribution >= 0.6 is 0 Å². The van der Waals surface area contributed by atoms with Crippen LogP contribution in [0.2, 0.25) is 0 Å². The van der Waals surface area contributed by atoms with Crippen molar-refractivity contribution in [1.29, 1.82) is 0 Å². The fraction of sp³-hybridized carbons (Fsp3) is 0.556. The van der Waals surface area contributed by atoms with Gasteiger partial charge in [0.15, 0.2) is 0 Å². The standard InChI is InChI=1S/C9H14O/c1-9(2)5-3-8(7-10)4-6-9/h3-5,10H,6-7H2,1-2H3. The molecule has 1 nitrogen and oxygen atoms in total. The Bertz CT molecular complexity index is 175. The Morgan fingerprint density at radius 2 is 2.30 bits per heavy atom. The van der Waals surface area contributed by atoms with Gasteiger partial charge in [-0.25, -0.2) is 0 Å². The highest BCUT2D eigenvalue weighted by atomic mass is 16.3. The Morgan fingerprint density at radius 3 is 2.70 bits per heavy atom. The van der Waals surface area contributed by atoms with Gasteiger partial charge in [-0.2, -0.15) is 0 Å². The van der Waals surface area contributed by atoms with E-state index in [0.717, 1.165) is 12.0 Å². The molecule has 0 bridgehead atoms. The second kappa shape index (κ2) is 2.59. The largest absolute Gasteiger partial charge is 0.392 e. The first-order chi connectivity index (χ1) is 4.64. The van der Waals surface area contributed by atoms with Crippen molar-refractivity contribution < 1.29 is 5.11 Å². The zero-order valence-corrected chi connectivity index (χ0v) is 6.59. The average molecular weight is 138 g/mol. The van der Waals surface area contributed by atoms with E-state index in [-0.39, 0.29) is 6.61 Å². The van der Waals surface area contributed by atoms with Crippen molar-refractivity contribution in [3.05, 3.63) is 23.8 Å². The van der Waals surface area contributed by atoms with Gasteiger partial charge in [-0.1, -0.05) is 32.1 Å². The summed E-state index contributed by atoms with van der Waals surface area (Å²) >= 11 is 0. The van der Waals surface area contributed by atoms with Crippen LogP contribution in [-0.4, -0.2) is 11.7 Å². The maximum atomic E-state index is 8.74. The molecule has 56 valence electrons. The summed E-state index contributed by atoms with van der Waals surface area (Å²) in [5, 5.41) is 8.74. The maximum Gasteiger partial charge on any atom is 0.0678 e. The summed E-state index contributed by atoms with van der Waals surface area (Å²) in [6.45, 7) is 4.55. The number of rotatable bonds is 1. The normalized spacial score (nSPS) is 22.5. The maximum absolute atomic E-state index is 8.74. The summed E-state index contributed by atoms with van der Waals surface area (Å²) in [5.41, 5.74) is 1.33. The first kappa shape index (κ1) is 7.55. The quantitative estimate of drug-likeness (QED) is 0.586. The van der Waals surface area contributed by atoms with Crippen molar-refractivity contribution in [2.24, 2.45) is 5.41 Å². The molecule has 1 heteroatoms. The lowest BCUT2D eigenvalue weighted by Gasteiger charge is -2.21. The summed E-state index contributed by atoms with van der Waals surface area (Å²) < 4.78 is 0. The summed E-state index contributed by atoms with van der Waals surface area (Å²) in [7, 11) is 0. The van der Waals surface area contributed by atoms with Gasteiger partial charge in [0.05, 0.1) is 6.61 Å². The van der Waals surface area contributed by atoms with Gasteiger partial charge in [-0.3, -0.25) is 0 Å². The van der Waals surface area contributed by atoms with Gasteiger partial charge >= 0.3 is 0 Å². The van der Waals surface area contributed by atoms with Gasteiger partial charge in [0.1, 0.15) is 0 Å². The lowest BCUT2D eigenvalue weighted by Crippen LogP contribution is -2.09. The SMILES string of the molecule is CC1(C)C=CC(CO)=CC1. The van der Waals surface area contributed by atoms with E-state index in [1.165, 1.54) is 0 Å². The molecule has 0 amide bonds. The third-order valence-electron chi connectivity index (χ3n) is 1.82. The molecule has 0 saturated carbocycles. The lowest BCUT2D eigenvalue weighted by atomic mass is 9.84. The molecule has 1 aliphatic rings. The van der Waals surface area contributed by atoms with Gasteiger partial charge in [0.2, 0.25) is 0 Å². The molecule has 10 heavy (non-hydrogen) atoms. The molecule has 0 spiro atoms. The van der Waals surface area contributed by atoms with Crippen molar-refractivity contribution in [2.75, 3.05) is 6.61 Å². The average Bonchev–Trinajstić information content (AvgIpc) is 1.88. The van der Waals surface area contributed by atoms with Gasteiger partial charge in [0.25, 0.3) is 0 Å². The van der Waals surface area contributed by atoms with Crippen LogP contribution in [0.15, 0.2) is 23.8 Å². The third-order valence-corrected chi connectivity index (χ3v) is 1.82. The predicted molar refractivity (Wildman–Crippen MR) is 42.7 cm³/mol. The van der Waals surface area contributed by atoms with E-state index in [0.29, 0.717) is 5.41 Å². The van der Waals surface area contributed by atoms with Crippen molar-refractivity contribution in [3.63, 3.8) is 0 Å². The fourth-order valence-corrected chi connectivity index (χ4v) is 0.980. The van der Waals surface area contributed by atoms with E-state index in [2.05, 4.69) is 26.0 Å². The third kappa shape index (κ3) is 1.71. The Hall–Kier alpha value is -0.560. The first-order valence-corrected chi connectivity index (χ1v) is 3.63. The molecule has 1 aliphatic carbocycles. The molecule has 0 atom stereocenters. The second-order valence-electron chi connectivity index (χ2n) is 3.46. The molecule has 0 aromatic heterocycles. The second-order valence-corrected chi connectivity index (χ2v) is 3.46. The van der Waals surface area contributed by atoms with Crippen LogP contribution in [0.1, 0.15) is 20.3 Å². The minimum Gasteiger partial charge on any atom is -0.392 e. The van der Waals surface area contributed by atoms with Crippen LogP contribution in [0.3, 0.4) is 0 Å². The summed E-state index contributed by atoms with van der Waals surface area (Å²) in [4.78, 5) is 0. The summed E-state index contributed by atoms with van der Waals surface area (Å²) in [6.07, 6.45) is 7.29. The van der Waals surface area contributed by atoms with Crippen molar-refractivity contribution in [2.45, 2.75) is 20.3 Å². The van der Waals surface area contributed by atoms with E-state index < -0.39 is 0 Å². The van der Waals surface area contributed by atoms with E-state index >= 15 is 0 Å². The minimum absolute atomic E-state index is 0.173. The van der Waals surface area contributed by atoms with Crippen LogP contribution in [0.5, 0.6) is 0 Å². The van der Waals surface area contributed by atoms with Crippen LogP contribution in [0.4, 0.5) is 0 Å². The molecule has 0 aliphatic heterocycles. The molecule has 0 heterocycles. The highest BCUT2D eigenvalue weighted by molar-refractivity contribution is 5.25. The molecule has 0 fully saturated rings. The molecule has 1 rings (SSSR count). The van der Waals surface area contributed by atoms with Gasteiger partial charge in [-0.05, 0) is 17.4 Å². The molecule has 0 unspecified atom stereocenters. The van der Waals surface area contributed by atoms with Crippen LogP contribution < -0.4 is 0 Å². The van der Waals surface area contributed by atoms with Gasteiger partial charge < -0.3 is 5.11 Å². The molecule has 0 aromatic carbocycles. The van der Waals surface area contributed by atoms with E-state index in [9.17, 15) is 0 Å². The number of hydrogen-bond donors (Lipinski definition) is 1. The number of aliphatic hydroxyl groups excluding tert-OH is 1. The Balaban J connectivity index is 2.63. The number of aliphatic hydroxyl groups is 1. The zero-order chi connectivity index (χ0) is 7.61. The molecular formula is C9H14O. The van der Waals surface area contributed by atoms with Gasteiger partial charge in [0, 0.05) is 0 Å². The number of allylic oxidation sites excluding steroid dienone is 2. The highest BCUT2D eigenvalue weighted by Crippen LogP contribution is 2.27. The Kier molecular flexibility index (Phi) is 1.95. The summed E-state index contributed by atoms with van der Waals surface area (Å²) in [6, 6.07) is 0. The molecular weight excluding hydrogens is 124 g/mol. The van der Waals surface area contributed by atoms with E-state index in [1.807, 2.05) is 6.08 Å². The van der Waals surface area contributed by atoms with Crippen LogP contribution in [0.25, 0.3) is 0 Å². The number of hydrogen-bond acceptors (Lipinski definition) is 1. The topological polar surface area (TPSA) is 20.2 Å². The lowest BCUT2D eigenvalue weighted by molar-refractivity contribution is 0.331.